The number of sulfonamides is 1. The predicted molar refractivity (Wildman–Crippen MR) is 119 cm³/mol. The highest BCUT2D eigenvalue weighted by Crippen LogP contribution is 2.38. The lowest BCUT2D eigenvalue weighted by atomic mass is 10.2. The van der Waals surface area contributed by atoms with Crippen molar-refractivity contribution in [1.82, 2.24) is 13.8 Å². The van der Waals surface area contributed by atoms with Gasteiger partial charge in [0.1, 0.15) is 0 Å². The minimum absolute atomic E-state index is 0.0161. The Bertz CT molecular complexity index is 1140. The summed E-state index contributed by atoms with van der Waals surface area (Å²) in [5.41, 5.74) is 2.86. The van der Waals surface area contributed by atoms with Gasteiger partial charge in [-0.25, -0.2) is 8.42 Å². The van der Waals surface area contributed by atoms with Crippen LogP contribution < -0.4 is 9.47 Å². The Morgan fingerprint density at radius 1 is 0.969 bits per heavy atom. The molecular weight excluding hydrogens is 430 g/mol. The van der Waals surface area contributed by atoms with E-state index < -0.39 is 10.0 Å². The zero-order valence-corrected chi connectivity index (χ0v) is 19.4. The molecule has 1 aromatic carbocycles. The van der Waals surface area contributed by atoms with Crippen LogP contribution in [0.3, 0.4) is 0 Å². The van der Waals surface area contributed by atoms with Gasteiger partial charge in [-0.1, -0.05) is 0 Å². The summed E-state index contributed by atoms with van der Waals surface area (Å²) in [6, 6.07) is 7.25. The first-order valence-electron chi connectivity index (χ1n) is 11.2. The van der Waals surface area contributed by atoms with Gasteiger partial charge in [-0.15, -0.1) is 0 Å². The Kier molecular flexibility index (Phi) is 5.41. The number of aromatic nitrogens is 1. The minimum atomic E-state index is -3.68. The molecule has 1 amide bonds. The van der Waals surface area contributed by atoms with Gasteiger partial charge in [0.2, 0.25) is 10.0 Å². The van der Waals surface area contributed by atoms with Gasteiger partial charge in [-0.2, -0.15) is 4.31 Å². The number of aryl methyl sites for hydroxylation is 1. The van der Waals surface area contributed by atoms with Crippen LogP contribution in [0.15, 0.2) is 29.2 Å². The molecule has 8 nitrogen and oxygen atoms in total. The van der Waals surface area contributed by atoms with E-state index in [4.69, 9.17) is 9.47 Å². The number of ether oxygens (including phenoxy) is 2. The fraction of sp³-hybridized carbons (Fsp3) is 0.522. The molecule has 1 aromatic heterocycles. The lowest BCUT2D eigenvalue weighted by Gasteiger charge is -2.34. The summed E-state index contributed by atoms with van der Waals surface area (Å²) < 4.78 is 41.4. The molecule has 2 aromatic rings. The molecule has 2 aliphatic heterocycles. The third-order valence-corrected chi connectivity index (χ3v) is 8.40. The molecule has 1 aliphatic carbocycles. The van der Waals surface area contributed by atoms with Crippen LogP contribution in [0.2, 0.25) is 0 Å². The third-order valence-electron chi connectivity index (χ3n) is 6.51. The van der Waals surface area contributed by atoms with E-state index in [1.807, 2.05) is 19.9 Å². The molecular formula is C23H29N3O5S. The number of hydrogen-bond acceptors (Lipinski definition) is 5. The molecule has 5 rings (SSSR count). The predicted octanol–water partition coefficient (Wildman–Crippen LogP) is 2.75. The molecule has 0 bridgehead atoms. The van der Waals surface area contributed by atoms with Gasteiger partial charge < -0.3 is 18.9 Å². The molecule has 0 radical (unpaired) electrons. The average Bonchev–Trinajstić information content (AvgIpc) is 3.60. The number of piperazine rings is 1. The van der Waals surface area contributed by atoms with E-state index in [-0.39, 0.29) is 23.9 Å². The average molecular weight is 460 g/mol. The van der Waals surface area contributed by atoms with Crippen LogP contribution in [0.1, 0.15) is 47.1 Å². The molecule has 172 valence electrons. The Balaban J connectivity index is 1.29. The Morgan fingerprint density at radius 2 is 1.66 bits per heavy atom. The quantitative estimate of drug-likeness (QED) is 0.702. The maximum absolute atomic E-state index is 13.2. The highest BCUT2D eigenvalue weighted by molar-refractivity contribution is 7.89. The number of carbonyl (C=O) groups is 1. The van der Waals surface area contributed by atoms with Gasteiger partial charge in [0.15, 0.2) is 11.5 Å². The lowest BCUT2D eigenvalue weighted by molar-refractivity contribution is 0.0697. The van der Waals surface area contributed by atoms with E-state index in [9.17, 15) is 13.2 Å². The molecule has 0 unspecified atom stereocenters. The van der Waals surface area contributed by atoms with E-state index in [0.29, 0.717) is 43.8 Å². The summed E-state index contributed by atoms with van der Waals surface area (Å²) >= 11 is 0. The summed E-state index contributed by atoms with van der Waals surface area (Å²) in [6.07, 6.45) is 3.09. The Morgan fingerprint density at radius 3 is 2.34 bits per heavy atom. The zero-order chi connectivity index (χ0) is 22.5. The Hall–Kier alpha value is -2.52. The molecule has 0 spiro atoms. The monoisotopic (exact) mass is 459 g/mol. The van der Waals surface area contributed by atoms with Gasteiger partial charge in [0.05, 0.1) is 23.7 Å². The highest BCUT2D eigenvalue weighted by Gasteiger charge is 2.33. The van der Waals surface area contributed by atoms with Crippen molar-refractivity contribution < 1.29 is 22.7 Å². The first-order valence-corrected chi connectivity index (χ1v) is 12.7. The number of nitrogens with zero attached hydrogens (tertiary/aromatic N) is 3. The fourth-order valence-electron chi connectivity index (χ4n) is 4.64. The fourth-order valence-corrected chi connectivity index (χ4v) is 6.08. The largest absolute Gasteiger partial charge is 0.490 e. The second kappa shape index (κ2) is 8.12. The van der Waals surface area contributed by atoms with Crippen LogP contribution in [0.25, 0.3) is 0 Å². The summed E-state index contributed by atoms with van der Waals surface area (Å²) in [4.78, 5) is 15.1. The van der Waals surface area contributed by atoms with Gasteiger partial charge in [-0.05, 0) is 44.9 Å². The normalized spacial score (nSPS) is 19.6. The summed E-state index contributed by atoms with van der Waals surface area (Å²) in [7, 11) is -3.68. The van der Waals surface area contributed by atoms with Crippen LogP contribution >= 0.6 is 0 Å². The second-order valence-corrected chi connectivity index (χ2v) is 10.7. The van der Waals surface area contributed by atoms with Crippen molar-refractivity contribution in [3.8, 4) is 11.5 Å². The van der Waals surface area contributed by atoms with Gasteiger partial charge >= 0.3 is 0 Å². The number of benzene rings is 1. The van der Waals surface area contributed by atoms with E-state index in [1.54, 1.807) is 23.1 Å². The van der Waals surface area contributed by atoms with E-state index in [0.717, 1.165) is 23.4 Å². The first kappa shape index (κ1) is 21.3. The molecule has 3 aliphatic rings. The van der Waals surface area contributed by atoms with Crippen LogP contribution in [0, 0.1) is 13.8 Å². The molecule has 3 heterocycles. The maximum atomic E-state index is 13.2. The molecule has 32 heavy (non-hydrogen) atoms. The maximum Gasteiger partial charge on any atom is 0.255 e. The van der Waals surface area contributed by atoms with Crippen molar-refractivity contribution in [1.29, 1.82) is 0 Å². The lowest BCUT2D eigenvalue weighted by Crippen LogP contribution is -2.50. The van der Waals surface area contributed by atoms with Gasteiger partial charge in [-0.3, -0.25) is 4.79 Å². The molecule has 1 saturated carbocycles. The molecule has 0 atom stereocenters. The van der Waals surface area contributed by atoms with E-state index in [2.05, 4.69) is 4.57 Å². The van der Waals surface area contributed by atoms with Gasteiger partial charge in [0, 0.05) is 56.1 Å². The Labute approximate surface area is 188 Å². The molecule has 9 heteroatoms. The zero-order valence-electron chi connectivity index (χ0n) is 18.5. The summed E-state index contributed by atoms with van der Waals surface area (Å²) in [5.74, 6) is 1.02. The number of amides is 1. The minimum Gasteiger partial charge on any atom is -0.490 e. The van der Waals surface area contributed by atoms with Crippen LogP contribution in [0.4, 0.5) is 0 Å². The smallest absolute Gasteiger partial charge is 0.255 e. The van der Waals surface area contributed by atoms with E-state index >= 15 is 0 Å². The standard InChI is InChI=1S/C23H29N3O5S/c1-16-14-20(17(2)26(16)18-4-5-18)23(27)24-8-10-25(11-9-24)32(28,29)19-6-7-21-22(15-19)31-13-3-12-30-21/h6-7,14-15,18H,3-5,8-13H2,1-2H3. The van der Waals surface area contributed by atoms with Crippen molar-refractivity contribution in [3.63, 3.8) is 0 Å². The van der Waals surface area contributed by atoms with Crippen molar-refractivity contribution >= 4 is 15.9 Å². The SMILES string of the molecule is Cc1cc(C(=O)N2CCN(S(=O)(=O)c3ccc4c(c3)OCCCO4)CC2)c(C)n1C1CC1. The van der Waals surface area contributed by atoms with Crippen molar-refractivity contribution in [2.24, 2.45) is 0 Å². The number of hydrogen-bond donors (Lipinski definition) is 0. The highest BCUT2D eigenvalue weighted by atomic mass is 32.2. The van der Waals surface area contributed by atoms with Crippen LogP contribution in [0.5, 0.6) is 11.5 Å². The summed E-state index contributed by atoms with van der Waals surface area (Å²) in [5, 5.41) is 0. The number of carbonyl (C=O) groups excluding carboxylic acids is 1. The first-order chi connectivity index (χ1) is 15.4. The van der Waals surface area contributed by atoms with Crippen molar-refractivity contribution in [2.45, 2.75) is 44.0 Å². The van der Waals surface area contributed by atoms with Crippen molar-refractivity contribution in [2.75, 3.05) is 39.4 Å². The third kappa shape index (κ3) is 3.77. The molecule has 0 N–H and O–H groups in total. The van der Waals surface area contributed by atoms with Crippen LogP contribution in [-0.4, -0.2) is 67.5 Å². The molecule has 1 saturated heterocycles. The van der Waals surface area contributed by atoms with Crippen molar-refractivity contribution in [3.05, 3.63) is 41.2 Å². The topological polar surface area (TPSA) is 81.1 Å². The molecule has 2 fully saturated rings. The van der Waals surface area contributed by atoms with E-state index in [1.165, 1.54) is 17.1 Å². The summed E-state index contributed by atoms with van der Waals surface area (Å²) in [6.45, 7) is 6.38. The number of fused-ring (bicyclic) bond motifs is 1. The van der Waals surface area contributed by atoms with Crippen LogP contribution in [-0.2, 0) is 10.0 Å². The number of rotatable bonds is 4. The van der Waals surface area contributed by atoms with Gasteiger partial charge in [0.25, 0.3) is 5.91 Å². The second-order valence-electron chi connectivity index (χ2n) is 8.74.